The number of carbonyl (C=O) groups is 1. The molecule has 0 N–H and O–H groups in total. The smallest absolute Gasteiger partial charge is 0.280 e. The van der Waals surface area contributed by atoms with Crippen molar-refractivity contribution in [1.29, 1.82) is 0 Å². The molecule has 4 fully saturated rings. The molecule has 1 spiro atoms. The normalized spacial score (nSPS) is 24.6. The van der Waals surface area contributed by atoms with Gasteiger partial charge in [-0.1, -0.05) is 19.9 Å². The lowest BCUT2D eigenvalue weighted by molar-refractivity contribution is -0.176. The zero-order valence-electron chi connectivity index (χ0n) is 27.3. The molecule has 5 aliphatic rings. The summed E-state index contributed by atoms with van der Waals surface area (Å²) in [4.78, 5) is 25.3. The Morgan fingerprint density at radius 2 is 1.87 bits per heavy atom. The number of halogens is 2. The van der Waals surface area contributed by atoms with Crippen molar-refractivity contribution in [2.24, 2.45) is 0 Å². The molecule has 1 aromatic heterocycles. The van der Waals surface area contributed by atoms with E-state index >= 15 is 0 Å². The van der Waals surface area contributed by atoms with Gasteiger partial charge in [0.1, 0.15) is 23.2 Å². The Bertz CT molecular complexity index is 1290. The molecule has 1 aromatic rings. The number of hydrogen-bond donors (Lipinski definition) is 0. The van der Waals surface area contributed by atoms with Crippen LogP contribution >= 0.6 is 0 Å². The molecule has 12 heteroatoms. The average molecular weight is 630 g/mol. The van der Waals surface area contributed by atoms with Crippen molar-refractivity contribution in [3.05, 3.63) is 41.2 Å². The molecular weight excluding hydrogens is 580 g/mol. The summed E-state index contributed by atoms with van der Waals surface area (Å²) < 4.78 is 41.5. The number of anilines is 2. The maximum Gasteiger partial charge on any atom is 0.280 e. The number of piperidine rings is 1. The monoisotopic (exact) mass is 629 g/mol. The first-order valence-corrected chi connectivity index (χ1v) is 16.5. The van der Waals surface area contributed by atoms with E-state index < -0.39 is 12.0 Å². The van der Waals surface area contributed by atoms with Crippen LogP contribution in [0.5, 0.6) is 0 Å². The van der Waals surface area contributed by atoms with Crippen LogP contribution in [0, 0.1) is 0 Å². The van der Waals surface area contributed by atoms with Gasteiger partial charge in [0.25, 0.3) is 6.43 Å². The zero-order valence-corrected chi connectivity index (χ0v) is 27.3. The third-order valence-electron chi connectivity index (χ3n) is 10.3. The number of amides is 1. The first-order valence-electron chi connectivity index (χ1n) is 16.5. The molecule has 0 radical (unpaired) electrons. The van der Waals surface area contributed by atoms with Crippen LogP contribution in [0.1, 0.15) is 50.8 Å². The van der Waals surface area contributed by atoms with Crippen molar-refractivity contribution in [3.8, 4) is 0 Å². The molecular formula is C33H49F2N7O3. The predicted octanol–water partition coefficient (Wildman–Crippen LogP) is 3.31. The number of carbonyl (C=O) groups excluding carboxylic acids is 1. The summed E-state index contributed by atoms with van der Waals surface area (Å²) >= 11 is 0. The lowest BCUT2D eigenvalue weighted by Gasteiger charge is -2.52. The third-order valence-corrected chi connectivity index (χ3v) is 10.3. The van der Waals surface area contributed by atoms with E-state index in [9.17, 15) is 13.6 Å². The van der Waals surface area contributed by atoms with Crippen molar-refractivity contribution >= 4 is 17.4 Å². The number of methoxy groups -OCH3 is 1. The second kappa shape index (κ2) is 13.1. The van der Waals surface area contributed by atoms with Crippen LogP contribution < -0.4 is 9.80 Å². The van der Waals surface area contributed by atoms with Gasteiger partial charge >= 0.3 is 0 Å². The van der Waals surface area contributed by atoms with E-state index in [4.69, 9.17) is 9.47 Å². The summed E-state index contributed by atoms with van der Waals surface area (Å²) in [5.74, 6) is 0.608. The molecule has 6 rings (SSSR count). The number of aromatic nitrogens is 1. The molecule has 45 heavy (non-hydrogen) atoms. The van der Waals surface area contributed by atoms with Gasteiger partial charge < -0.3 is 29.2 Å². The minimum absolute atomic E-state index is 0.0221. The lowest BCUT2D eigenvalue weighted by Crippen LogP contribution is -2.63. The van der Waals surface area contributed by atoms with Crippen molar-refractivity contribution in [2.45, 2.75) is 63.7 Å². The molecule has 0 aliphatic carbocycles. The SMILES string of the molecule is C=CC(=O)N1CCN(C2CN(c3cc(N4CCC5(CC4)OC(COC)CN4C5=C(C)CN4C)nc(C(F)F)c3CCC)C2)CC1. The molecule has 6 heterocycles. The quantitative estimate of drug-likeness (QED) is 0.383. The Kier molecular flexibility index (Phi) is 9.38. The zero-order chi connectivity index (χ0) is 31.9. The van der Waals surface area contributed by atoms with Gasteiger partial charge in [-0.15, -0.1) is 0 Å². The Balaban J connectivity index is 1.20. The Labute approximate surface area is 266 Å². The second-order valence-electron chi connectivity index (χ2n) is 13.2. The van der Waals surface area contributed by atoms with Gasteiger partial charge in [-0.25, -0.2) is 18.8 Å². The summed E-state index contributed by atoms with van der Waals surface area (Å²) in [5, 5.41) is 4.63. The summed E-state index contributed by atoms with van der Waals surface area (Å²) in [7, 11) is 3.83. The van der Waals surface area contributed by atoms with E-state index in [0.29, 0.717) is 56.6 Å². The second-order valence-corrected chi connectivity index (χ2v) is 13.2. The summed E-state index contributed by atoms with van der Waals surface area (Å²) in [6.45, 7) is 15.9. The van der Waals surface area contributed by atoms with E-state index in [1.807, 2.05) is 11.8 Å². The molecule has 5 aliphatic heterocycles. The van der Waals surface area contributed by atoms with E-state index in [-0.39, 0.29) is 17.7 Å². The fourth-order valence-electron chi connectivity index (χ4n) is 8.09. The van der Waals surface area contributed by atoms with Gasteiger partial charge in [0.2, 0.25) is 5.91 Å². The first-order chi connectivity index (χ1) is 21.7. The molecule has 1 amide bonds. The number of fused-ring (bicyclic) bond motifs is 2. The van der Waals surface area contributed by atoms with Crippen LogP contribution in [-0.2, 0) is 20.7 Å². The number of pyridine rings is 1. The van der Waals surface area contributed by atoms with Crippen molar-refractivity contribution in [1.82, 2.24) is 24.8 Å². The van der Waals surface area contributed by atoms with Crippen LogP contribution in [0.3, 0.4) is 0 Å². The van der Waals surface area contributed by atoms with Crippen molar-refractivity contribution in [3.63, 3.8) is 0 Å². The Morgan fingerprint density at radius 3 is 2.49 bits per heavy atom. The fraction of sp³-hybridized carbons (Fsp3) is 0.697. The van der Waals surface area contributed by atoms with Gasteiger partial charge in [-0.05, 0) is 37.8 Å². The first kappa shape index (κ1) is 32.2. The summed E-state index contributed by atoms with van der Waals surface area (Å²) in [6.07, 6.45) is 1.56. The molecule has 4 saturated heterocycles. The maximum atomic E-state index is 14.6. The maximum absolute atomic E-state index is 14.6. The molecule has 0 bridgehead atoms. The van der Waals surface area contributed by atoms with Crippen LogP contribution in [0.25, 0.3) is 0 Å². The number of rotatable bonds is 9. The summed E-state index contributed by atoms with van der Waals surface area (Å²) in [6, 6.07) is 2.40. The minimum Gasteiger partial charge on any atom is -0.382 e. The molecule has 0 saturated carbocycles. The van der Waals surface area contributed by atoms with Gasteiger partial charge in [-0.3, -0.25) is 9.69 Å². The molecule has 0 aromatic carbocycles. The number of ether oxygens (including phenoxy) is 2. The van der Waals surface area contributed by atoms with Crippen LogP contribution in [-0.4, -0.2) is 135 Å². The standard InChI is InChI=1S/C33H49F2N7O3/c1-6-8-26-27(41-19-24(20-41)38-13-15-40(16-14-38)29(43)7-2)17-28(36-30(26)32(34)35)39-11-9-33(10-12-39)31-23(3)18-37(4)42(31)21-25(45-33)22-44-5/h7,17,24-25,32H,2,6,8-16,18-22H2,1,3-5H3. The fourth-order valence-corrected chi connectivity index (χ4v) is 8.09. The highest BCUT2D eigenvalue weighted by Crippen LogP contribution is 2.46. The van der Waals surface area contributed by atoms with Gasteiger partial charge in [-0.2, -0.15) is 0 Å². The van der Waals surface area contributed by atoms with E-state index in [1.54, 1.807) is 7.11 Å². The topological polar surface area (TPSA) is 67.9 Å². The van der Waals surface area contributed by atoms with Crippen LogP contribution in [0.4, 0.5) is 20.3 Å². The van der Waals surface area contributed by atoms with Crippen LogP contribution in [0.2, 0.25) is 0 Å². The molecule has 248 valence electrons. The third kappa shape index (κ3) is 6.06. The number of morpholine rings is 1. The van der Waals surface area contributed by atoms with Gasteiger partial charge in [0.05, 0.1) is 18.8 Å². The molecule has 10 nitrogen and oxygen atoms in total. The van der Waals surface area contributed by atoms with E-state index in [0.717, 1.165) is 64.2 Å². The van der Waals surface area contributed by atoms with Crippen molar-refractivity contribution < 1.29 is 23.0 Å². The highest BCUT2D eigenvalue weighted by Gasteiger charge is 2.51. The van der Waals surface area contributed by atoms with Gasteiger partial charge in [0.15, 0.2) is 0 Å². The Hall–Kier alpha value is -2.80. The number of likely N-dealkylation sites (N-methyl/N-ethyl adjacent to an activating group) is 1. The van der Waals surface area contributed by atoms with Gasteiger partial charge in [0, 0.05) is 96.4 Å². The van der Waals surface area contributed by atoms with E-state index in [1.165, 1.54) is 17.3 Å². The predicted molar refractivity (Wildman–Crippen MR) is 171 cm³/mol. The molecule has 1 unspecified atom stereocenters. The minimum atomic E-state index is -2.64. The highest BCUT2D eigenvalue weighted by atomic mass is 19.3. The largest absolute Gasteiger partial charge is 0.382 e. The lowest BCUT2D eigenvalue weighted by atomic mass is 9.84. The number of piperazine rings is 1. The number of hydrazine groups is 1. The number of nitrogens with zero attached hydrogens (tertiary/aromatic N) is 7. The number of alkyl halides is 2. The van der Waals surface area contributed by atoms with Crippen molar-refractivity contribution in [2.75, 3.05) is 96.0 Å². The van der Waals surface area contributed by atoms with Crippen LogP contribution in [0.15, 0.2) is 30.0 Å². The number of hydrogen-bond acceptors (Lipinski definition) is 9. The highest BCUT2D eigenvalue weighted by molar-refractivity contribution is 5.87. The Morgan fingerprint density at radius 1 is 1.16 bits per heavy atom. The average Bonchev–Trinajstić information content (AvgIpc) is 3.30. The summed E-state index contributed by atoms with van der Waals surface area (Å²) in [5.41, 5.74) is 3.65. The molecule has 1 atom stereocenters. The van der Waals surface area contributed by atoms with E-state index in [2.05, 4.69) is 56.3 Å².